The molecule has 31 heavy (non-hydrogen) atoms. The minimum atomic E-state index is -0.299. The second-order valence-corrected chi connectivity index (χ2v) is 7.88. The number of carbonyl (C=O) groups excluding carboxylic acids is 2. The first-order chi connectivity index (χ1) is 15.1. The number of urea groups is 1. The Morgan fingerprint density at radius 2 is 1.74 bits per heavy atom. The van der Waals surface area contributed by atoms with Crippen molar-refractivity contribution in [3.63, 3.8) is 0 Å². The van der Waals surface area contributed by atoms with Gasteiger partial charge < -0.3 is 19.7 Å². The molecular weight excluding hydrogens is 396 g/mol. The number of ether oxygens (including phenoxy) is 2. The number of rotatable bonds is 6. The van der Waals surface area contributed by atoms with Crippen LogP contribution in [0, 0.1) is 0 Å². The van der Waals surface area contributed by atoms with Gasteiger partial charge in [-0.05, 0) is 37.1 Å². The van der Waals surface area contributed by atoms with Gasteiger partial charge in [0.25, 0.3) is 5.91 Å². The van der Waals surface area contributed by atoms with Crippen molar-refractivity contribution in [3.8, 4) is 11.5 Å². The Morgan fingerprint density at radius 3 is 2.35 bits per heavy atom. The van der Waals surface area contributed by atoms with E-state index in [0.717, 1.165) is 19.4 Å². The van der Waals surface area contributed by atoms with Crippen molar-refractivity contribution in [1.82, 2.24) is 9.88 Å². The van der Waals surface area contributed by atoms with Crippen LogP contribution < -0.4 is 19.7 Å². The SMILES string of the molecule is COc1cc(OC)cc(C(=O)Nc2ccc(N3CCN(C4CCCCC4)C3=O)nc2)c1. The average Bonchev–Trinajstić information content (AvgIpc) is 3.21. The van der Waals surface area contributed by atoms with Crippen LogP contribution in [-0.4, -0.2) is 55.2 Å². The first-order valence-corrected chi connectivity index (χ1v) is 10.7. The molecule has 1 aliphatic carbocycles. The molecule has 1 aromatic heterocycles. The smallest absolute Gasteiger partial charge is 0.326 e. The summed E-state index contributed by atoms with van der Waals surface area (Å²) in [6.07, 6.45) is 7.40. The molecule has 2 aromatic rings. The molecule has 0 bridgehead atoms. The summed E-state index contributed by atoms with van der Waals surface area (Å²) in [6, 6.07) is 8.89. The van der Waals surface area contributed by atoms with Crippen LogP contribution >= 0.6 is 0 Å². The molecule has 0 spiro atoms. The molecule has 8 nitrogen and oxygen atoms in total. The Labute approximate surface area is 182 Å². The number of hydrogen-bond donors (Lipinski definition) is 1. The summed E-state index contributed by atoms with van der Waals surface area (Å²) in [5.74, 6) is 1.37. The third-order valence-electron chi connectivity index (χ3n) is 5.95. The molecule has 4 rings (SSSR count). The van der Waals surface area contributed by atoms with E-state index in [1.165, 1.54) is 33.5 Å². The van der Waals surface area contributed by atoms with Crippen molar-refractivity contribution >= 4 is 23.4 Å². The van der Waals surface area contributed by atoms with Crippen LogP contribution in [0.3, 0.4) is 0 Å². The van der Waals surface area contributed by atoms with Crippen LogP contribution in [-0.2, 0) is 0 Å². The van der Waals surface area contributed by atoms with E-state index in [-0.39, 0.29) is 11.9 Å². The molecule has 2 aliphatic rings. The Hall–Kier alpha value is -3.29. The lowest BCUT2D eigenvalue weighted by Crippen LogP contribution is -2.40. The molecule has 164 valence electrons. The van der Waals surface area contributed by atoms with Gasteiger partial charge in [-0.1, -0.05) is 19.3 Å². The van der Waals surface area contributed by atoms with E-state index < -0.39 is 0 Å². The fourth-order valence-electron chi connectivity index (χ4n) is 4.26. The topological polar surface area (TPSA) is 84.0 Å². The highest BCUT2D eigenvalue weighted by molar-refractivity contribution is 6.04. The monoisotopic (exact) mass is 424 g/mol. The zero-order valence-electron chi connectivity index (χ0n) is 18.0. The summed E-state index contributed by atoms with van der Waals surface area (Å²) < 4.78 is 10.4. The maximum Gasteiger partial charge on any atom is 0.326 e. The summed E-state index contributed by atoms with van der Waals surface area (Å²) >= 11 is 0. The van der Waals surface area contributed by atoms with Gasteiger partial charge in [0.05, 0.1) is 26.1 Å². The number of aromatic nitrogens is 1. The van der Waals surface area contributed by atoms with Gasteiger partial charge in [-0.2, -0.15) is 0 Å². The normalized spacial score (nSPS) is 17.0. The molecule has 2 fully saturated rings. The maximum atomic E-state index is 12.9. The second-order valence-electron chi connectivity index (χ2n) is 7.88. The fraction of sp³-hybridized carbons (Fsp3) is 0.435. The van der Waals surface area contributed by atoms with Crippen LogP contribution in [0.25, 0.3) is 0 Å². The Kier molecular flexibility index (Phi) is 6.25. The number of anilines is 2. The molecule has 8 heteroatoms. The predicted octanol–water partition coefficient (Wildman–Crippen LogP) is 3.93. The van der Waals surface area contributed by atoms with Gasteiger partial charge in [0, 0.05) is 30.8 Å². The molecule has 1 N–H and O–H groups in total. The number of methoxy groups -OCH3 is 2. The number of nitrogens with zero attached hydrogens (tertiary/aromatic N) is 3. The van der Waals surface area contributed by atoms with Crippen molar-refractivity contribution < 1.29 is 19.1 Å². The number of pyridine rings is 1. The highest BCUT2D eigenvalue weighted by Gasteiger charge is 2.35. The number of hydrogen-bond acceptors (Lipinski definition) is 5. The van der Waals surface area contributed by atoms with E-state index in [1.807, 2.05) is 4.90 Å². The molecule has 1 aliphatic heterocycles. The molecule has 2 heterocycles. The lowest BCUT2D eigenvalue weighted by atomic mass is 9.94. The molecule has 1 saturated heterocycles. The molecule has 0 radical (unpaired) electrons. The predicted molar refractivity (Wildman–Crippen MR) is 118 cm³/mol. The molecule has 0 atom stereocenters. The average molecular weight is 425 g/mol. The Bertz CT molecular complexity index is 919. The summed E-state index contributed by atoms with van der Waals surface area (Å²) in [7, 11) is 3.07. The standard InChI is InChI=1S/C23H28N4O4/c1-30-19-12-16(13-20(14-19)31-2)22(28)25-17-8-9-21(24-15-17)27-11-10-26(23(27)29)18-6-4-3-5-7-18/h8-9,12-15,18H,3-7,10-11H2,1-2H3,(H,25,28). The molecule has 0 unspecified atom stereocenters. The third-order valence-corrected chi connectivity index (χ3v) is 5.95. The van der Waals surface area contributed by atoms with Crippen LogP contribution in [0.5, 0.6) is 11.5 Å². The number of carbonyl (C=O) groups is 2. The van der Waals surface area contributed by atoms with Crippen LogP contribution in [0.2, 0.25) is 0 Å². The summed E-state index contributed by atoms with van der Waals surface area (Å²) in [4.78, 5) is 33.7. The summed E-state index contributed by atoms with van der Waals surface area (Å²) in [5, 5.41) is 2.82. The molecule has 3 amide bonds. The first kappa shape index (κ1) is 21.0. The minimum absolute atomic E-state index is 0.0275. The van der Waals surface area contributed by atoms with Gasteiger partial charge in [0.1, 0.15) is 17.3 Å². The fourth-order valence-corrected chi connectivity index (χ4v) is 4.26. The Morgan fingerprint density at radius 1 is 1.03 bits per heavy atom. The van der Waals surface area contributed by atoms with Crippen molar-refractivity contribution in [2.75, 3.05) is 37.5 Å². The van der Waals surface area contributed by atoms with E-state index in [4.69, 9.17) is 9.47 Å². The van der Waals surface area contributed by atoms with Crippen molar-refractivity contribution in [1.29, 1.82) is 0 Å². The van der Waals surface area contributed by atoms with Crippen LogP contribution in [0.15, 0.2) is 36.5 Å². The minimum Gasteiger partial charge on any atom is -0.497 e. The van der Waals surface area contributed by atoms with Gasteiger partial charge in [0.15, 0.2) is 0 Å². The van der Waals surface area contributed by atoms with Crippen LogP contribution in [0.4, 0.5) is 16.3 Å². The largest absolute Gasteiger partial charge is 0.497 e. The van der Waals surface area contributed by atoms with Gasteiger partial charge in [-0.25, -0.2) is 9.78 Å². The van der Waals surface area contributed by atoms with Crippen LogP contribution in [0.1, 0.15) is 42.5 Å². The van der Waals surface area contributed by atoms with Gasteiger partial charge in [-0.3, -0.25) is 9.69 Å². The lowest BCUT2D eigenvalue weighted by Gasteiger charge is -2.30. The van der Waals surface area contributed by atoms with E-state index in [0.29, 0.717) is 41.2 Å². The first-order valence-electron chi connectivity index (χ1n) is 10.7. The second kappa shape index (κ2) is 9.24. The summed E-state index contributed by atoms with van der Waals surface area (Å²) in [6.45, 7) is 1.37. The molecule has 1 aromatic carbocycles. The summed E-state index contributed by atoms with van der Waals surface area (Å²) in [5.41, 5.74) is 0.962. The highest BCUT2D eigenvalue weighted by atomic mass is 16.5. The van der Waals surface area contributed by atoms with Crippen molar-refractivity contribution in [3.05, 3.63) is 42.1 Å². The zero-order chi connectivity index (χ0) is 21.8. The molecule has 1 saturated carbocycles. The van der Waals surface area contributed by atoms with E-state index in [1.54, 1.807) is 41.4 Å². The maximum absolute atomic E-state index is 12.9. The van der Waals surface area contributed by atoms with Gasteiger partial charge in [0.2, 0.25) is 0 Å². The van der Waals surface area contributed by atoms with Crippen molar-refractivity contribution in [2.24, 2.45) is 0 Å². The van der Waals surface area contributed by atoms with Gasteiger partial charge >= 0.3 is 6.03 Å². The Balaban J connectivity index is 1.42. The van der Waals surface area contributed by atoms with E-state index in [2.05, 4.69) is 10.3 Å². The van der Waals surface area contributed by atoms with Crippen molar-refractivity contribution in [2.45, 2.75) is 38.1 Å². The quantitative estimate of drug-likeness (QED) is 0.760. The number of benzene rings is 1. The van der Waals surface area contributed by atoms with E-state index in [9.17, 15) is 9.59 Å². The number of amides is 3. The van der Waals surface area contributed by atoms with E-state index >= 15 is 0 Å². The lowest BCUT2D eigenvalue weighted by molar-refractivity contribution is 0.102. The zero-order valence-corrected chi connectivity index (χ0v) is 18.0. The highest BCUT2D eigenvalue weighted by Crippen LogP contribution is 2.28. The molecular formula is C23H28N4O4. The third kappa shape index (κ3) is 4.57. The van der Waals surface area contributed by atoms with Gasteiger partial charge in [-0.15, -0.1) is 0 Å². The number of nitrogens with one attached hydrogen (secondary N) is 1.